The maximum atomic E-state index is 12.8. The summed E-state index contributed by atoms with van der Waals surface area (Å²) < 4.78 is 0. The highest BCUT2D eigenvalue weighted by molar-refractivity contribution is 6.31. The molecule has 0 radical (unpaired) electrons. The Bertz CT molecular complexity index is 683. The van der Waals surface area contributed by atoms with Crippen LogP contribution in [0.3, 0.4) is 0 Å². The monoisotopic (exact) mass is 311 g/mol. The topological polar surface area (TPSA) is 20.3 Å². The highest BCUT2D eigenvalue weighted by Crippen LogP contribution is 2.50. The lowest BCUT2D eigenvalue weighted by Gasteiger charge is -2.21. The largest absolute Gasteiger partial charge is 0.308 e. The van der Waals surface area contributed by atoms with Crippen molar-refractivity contribution in [3.05, 3.63) is 77.8 Å². The van der Waals surface area contributed by atoms with Gasteiger partial charge in [-0.25, -0.2) is 0 Å². The summed E-state index contributed by atoms with van der Waals surface area (Å²) >= 11 is 6.25. The Kier molecular flexibility index (Phi) is 4.30. The molecule has 0 heterocycles. The average molecular weight is 312 g/mol. The van der Waals surface area contributed by atoms with E-state index in [4.69, 9.17) is 11.6 Å². The van der Waals surface area contributed by atoms with Crippen LogP contribution in [0.1, 0.15) is 17.9 Å². The molecule has 3 rings (SSSR count). The molecule has 1 fully saturated rings. The normalized spacial score (nSPS) is 19.5. The van der Waals surface area contributed by atoms with Gasteiger partial charge >= 0.3 is 0 Å². The van der Waals surface area contributed by atoms with Gasteiger partial charge in [-0.15, -0.1) is 6.58 Å². The van der Waals surface area contributed by atoms with E-state index >= 15 is 0 Å². The highest BCUT2D eigenvalue weighted by atomic mass is 35.5. The molecule has 3 heteroatoms. The fourth-order valence-corrected chi connectivity index (χ4v) is 3.12. The summed E-state index contributed by atoms with van der Waals surface area (Å²) in [6, 6.07) is 17.5. The molecule has 0 aliphatic heterocycles. The van der Waals surface area contributed by atoms with Gasteiger partial charge in [-0.2, -0.15) is 0 Å². The average Bonchev–Trinajstić information content (AvgIpc) is 3.34. The second-order valence-corrected chi connectivity index (χ2v) is 5.95. The van der Waals surface area contributed by atoms with Crippen LogP contribution >= 0.6 is 11.6 Å². The van der Waals surface area contributed by atoms with E-state index in [9.17, 15) is 4.79 Å². The van der Waals surface area contributed by atoms with Crippen molar-refractivity contribution in [2.75, 3.05) is 11.4 Å². The molecule has 2 aromatic carbocycles. The maximum Gasteiger partial charge on any atom is 0.231 e. The van der Waals surface area contributed by atoms with E-state index in [1.807, 2.05) is 54.6 Å². The first kappa shape index (κ1) is 14.9. The fraction of sp³-hybridized carbons (Fsp3) is 0.211. The number of para-hydroxylation sites is 1. The number of anilines is 1. The molecule has 0 aromatic heterocycles. The van der Waals surface area contributed by atoms with E-state index in [1.165, 1.54) is 0 Å². The fourth-order valence-electron chi connectivity index (χ4n) is 2.85. The van der Waals surface area contributed by atoms with E-state index in [2.05, 4.69) is 6.58 Å². The third-order valence-electron chi connectivity index (χ3n) is 4.06. The number of carbonyl (C=O) groups excluding carboxylic acids is 1. The van der Waals surface area contributed by atoms with Crippen LogP contribution in [-0.4, -0.2) is 12.5 Å². The third kappa shape index (κ3) is 2.93. The molecular weight excluding hydrogens is 294 g/mol. The van der Waals surface area contributed by atoms with Gasteiger partial charge in [0.05, 0.1) is 0 Å². The molecule has 112 valence electrons. The predicted molar refractivity (Wildman–Crippen MR) is 91.3 cm³/mol. The van der Waals surface area contributed by atoms with Crippen LogP contribution in [0.15, 0.2) is 67.3 Å². The number of rotatable bonds is 5. The summed E-state index contributed by atoms with van der Waals surface area (Å²) in [5.41, 5.74) is 1.99. The predicted octanol–water partition coefficient (Wildman–Crippen LogP) is 4.66. The van der Waals surface area contributed by atoms with Crippen molar-refractivity contribution < 1.29 is 4.79 Å². The van der Waals surface area contributed by atoms with Crippen molar-refractivity contribution in [2.45, 2.75) is 12.3 Å². The van der Waals surface area contributed by atoms with Gasteiger partial charge in [0.2, 0.25) is 5.91 Å². The molecule has 1 saturated carbocycles. The van der Waals surface area contributed by atoms with Crippen LogP contribution < -0.4 is 4.90 Å². The lowest BCUT2D eigenvalue weighted by molar-refractivity contribution is -0.119. The van der Waals surface area contributed by atoms with Crippen molar-refractivity contribution in [1.29, 1.82) is 0 Å². The Balaban J connectivity index is 1.79. The zero-order valence-corrected chi connectivity index (χ0v) is 13.0. The van der Waals surface area contributed by atoms with Crippen LogP contribution in [0.4, 0.5) is 5.69 Å². The van der Waals surface area contributed by atoms with Crippen molar-refractivity contribution in [3.63, 3.8) is 0 Å². The summed E-state index contributed by atoms with van der Waals surface area (Å²) in [5, 5.41) is 0.748. The molecule has 0 saturated heterocycles. The maximum absolute atomic E-state index is 12.8. The molecule has 1 amide bonds. The lowest BCUT2D eigenvalue weighted by Crippen LogP contribution is -2.32. The van der Waals surface area contributed by atoms with Crippen LogP contribution in [0, 0.1) is 5.92 Å². The van der Waals surface area contributed by atoms with E-state index in [1.54, 1.807) is 11.0 Å². The molecule has 1 aliphatic carbocycles. The van der Waals surface area contributed by atoms with E-state index in [-0.39, 0.29) is 17.7 Å². The van der Waals surface area contributed by atoms with Gasteiger partial charge in [-0.3, -0.25) is 4.79 Å². The number of halogens is 1. The summed E-state index contributed by atoms with van der Waals surface area (Å²) in [5.74, 6) is 0.397. The molecule has 1 aliphatic rings. The van der Waals surface area contributed by atoms with Gasteiger partial charge in [0.1, 0.15) is 0 Å². The molecule has 0 N–H and O–H groups in total. The second kappa shape index (κ2) is 6.37. The number of hydrogen-bond acceptors (Lipinski definition) is 1. The van der Waals surface area contributed by atoms with Gasteiger partial charge in [0.25, 0.3) is 0 Å². The second-order valence-electron chi connectivity index (χ2n) is 5.54. The van der Waals surface area contributed by atoms with Gasteiger partial charge in [-0.1, -0.05) is 54.1 Å². The zero-order valence-electron chi connectivity index (χ0n) is 12.3. The zero-order chi connectivity index (χ0) is 15.5. The molecule has 2 atom stereocenters. The van der Waals surface area contributed by atoms with E-state index < -0.39 is 0 Å². The molecule has 0 bridgehead atoms. The molecule has 22 heavy (non-hydrogen) atoms. The minimum absolute atomic E-state index is 0.0139. The number of carbonyl (C=O) groups is 1. The summed E-state index contributed by atoms with van der Waals surface area (Å²) in [6.45, 7) is 4.29. The molecule has 0 spiro atoms. The smallest absolute Gasteiger partial charge is 0.231 e. The van der Waals surface area contributed by atoms with Crippen molar-refractivity contribution in [3.8, 4) is 0 Å². The first-order chi connectivity index (χ1) is 10.7. The van der Waals surface area contributed by atoms with Crippen LogP contribution in [0.25, 0.3) is 0 Å². The Morgan fingerprint density at radius 3 is 2.55 bits per heavy atom. The molecular formula is C19H18ClNO. The van der Waals surface area contributed by atoms with Crippen molar-refractivity contribution in [2.24, 2.45) is 5.92 Å². The van der Waals surface area contributed by atoms with E-state index in [0.717, 1.165) is 22.7 Å². The third-order valence-corrected chi connectivity index (χ3v) is 4.40. The summed E-state index contributed by atoms with van der Waals surface area (Å²) in [4.78, 5) is 14.6. The number of benzene rings is 2. The summed E-state index contributed by atoms with van der Waals surface area (Å²) in [7, 11) is 0. The summed E-state index contributed by atoms with van der Waals surface area (Å²) in [6.07, 6.45) is 2.63. The quantitative estimate of drug-likeness (QED) is 0.735. The Morgan fingerprint density at radius 2 is 1.86 bits per heavy atom. The molecule has 2 aromatic rings. The minimum atomic E-state index is 0.0139. The van der Waals surface area contributed by atoms with Gasteiger partial charge in [0, 0.05) is 23.2 Å². The number of hydrogen-bond donors (Lipinski definition) is 0. The standard InChI is InChI=1S/C19H18ClNO/c1-2-12-21(14-8-4-3-5-9-14)19(22)17-13-16(17)15-10-6-7-11-18(15)20/h2-11,16-17H,1,12-13H2. The molecule has 2 nitrogen and oxygen atoms in total. The highest BCUT2D eigenvalue weighted by Gasteiger charge is 2.46. The van der Waals surface area contributed by atoms with E-state index in [0.29, 0.717) is 6.54 Å². The first-order valence-corrected chi connectivity index (χ1v) is 7.82. The lowest BCUT2D eigenvalue weighted by atomic mass is 10.1. The SMILES string of the molecule is C=CCN(C(=O)C1CC1c1ccccc1Cl)c1ccccc1. The van der Waals surface area contributed by atoms with Gasteiger partial charge in [-0.05, 0) is 36.1 Å². The van der Waals surface area contributed by atoms with Gasteiger partial charge < -0.3 is 4.90 Å². The van der Waals surface area contributed by atoms with Crippen molar-refractivity contribution in [1.82, 2.24) is 0 Å². The first-order valence-electron chi connectivity index (χ1n) is 7.44. The van der Waals surface area contributed by atoms with Crippen LogP contribution in [-0.2, 0) is 4.79 Å². The Labute approximate surface area is 136 Å². The minimum Gasteiger partial charge on any atom is -0.308 e. The molecule has 2 unspecified atom stereocenters. The Hall–Kier alpha value is -2.06. The van der Waals surface area contributed by atoms with Crippen molar-refractivity contribution >= 4 is 23.2 Å². The Morgan fingerprint density at radius 1 is 1.18 bits per heavy atom. The number of amides is 1. The van der Waals surface area contributed by atoms with Gasteiger partial charge in [0.15, 0.2) is 0 Å². The number of nitrogens with zero attached hydrogens (tertiary/aromatic N) is 1. The van der Waals surface area contributed by atoms with Crippen LogP contribution in [0.5, 0.6) is 0 Å². The van der Waals surface area contributed by atoms with Crippen LogP contribution in [0.2, 0.25) is 5.02 Å².